The molecule has 0 aliphatic rings. The van der Waals surface area contributed by atoms with Crippen LogP contribution in [0.4, 0.5) is 0 Å². The van der Waals surface area contributed by atoms with Gasteiger partial charge in [-0.15, -0.1) is 13.0 Å². The molecule has 1 nitrogen and oxygen atoms in total. The van der Waals surface area contributed by atoms with Crippen molar-refractivity contribution in [3.05, 3.63) is 35.5 Å². The Balaban J connectivity index is 0. The second-order valence-electron chi connectivity index (χ2n) is 2.73. The molecule has 0 aromatic carbocycles. The number of rotatable bonds is 4. The van der Waals surface area contributed by atoms with Gasteiger partial charge >= 0.3 is 32.7 Å². The average Bonchev–Trinajstić information content (AvgIpc) is 2.04. The third-order valence-electron chi connectivity index (χ3n) is 1.58. The maximum absolute atomic E-state index is 9.92. The Morgan fingerprint density at radius 3 is 2.46 bits per heavy atom. The molecule has 2 heteroatoms. The Bertz CT molecular complexity index is 224. The third kappa shape index (κ3) is 9.91. The Hall–Kier alpha value is -0.00610. The quantitative estimate of drug-likeness (QED) is 0.427. The van der Waals surface area contributed by atoms with E-state index in [-0.39, 0.29) is 32.7 Å². The van der Waals surface area contributed by atoms with Gasteiger partial charge in [-0.1, -0.05) is 24.6 Å². The SMILES string of the molecule is CC/C(C)=C/C=C/C(C)=C/[C-]=O.[Y+3]. The van der Waals surface area contributed by atoms with Crippen molar-refractivity contribution < 1.29 is 37.5 Å². The summed E-state index contributed by atoms with van der Waals surface area (Å²) in [4.78, 5) is 9.92. The number of allylic oxidation sites excluding steroid dienone is 6. The molecule has 0 aromatic heterocycles. The summed E-state index contributed by atoms with van der Waals surface area (Å²) in [5.74, 6) is 0. The van der Waals surface area contributed by atoms with Crippen LogP contribution in [0.3, 0.4) is 0 Å². The van der Waals surface area contributed by atoms with Crippen molar-refractivity contribution in [3.63, 3.8) is 0 Å². The van der Waals surface area contributed by atoms with E-state index in [2.05, 4.69) is 13.8 Å². The first-order valence-corrected chi connectivity index (χ1v) is 4.09. The molecule has 0 saturated heterocycles. The van der Waals surface area contributed by atoms with Crippen LogP contribution in [0.2, 0.25) is 0 Å². The molecule has 0 heterocycles. The largest absolute Gasteiger partial charge is 3.00 e. The van der Waals surface area contributed by atoms with E-state index in [9.17, 15) is 4.79 Å². The van der Waals surface area contributed by atoms with Crippen molar-refractivity contribution in [2.24, 2.45) is 0 Å². The van der Waals surface area contributed by atoms with Gasteiger partial charge in [0.25, 0.3) is 0 Å². The van der Waals surface area contributed by atoms with Crippen molar-refractivity contribution in [1.82, 2.24) is 0 Å². The Labute approximate surface area is 106 Å². The van der Waals surface area contributed by atoms with Gasteiger partial charge in [0.05, 0.1) is 0 Å². The molecule has 0 N–H and O–H groups in total. The normalized spacial score (nSPS) is 12.8. The fourth-order valence-electron chi connectivity index (χ4n) is 0.623. The van der Waals surface area contributed by atoms with Gasteiger partial charge in [-0.2, -0.15) is 11.6 Å². The van der Waals surface area contributed by atoms with Crippen LogP contribution in [-0.4, -0.2) is 6.29 Å². The van der Waals surface area contributed by atoms with Crippen molar-refractivity contribution in [3.8, 4) is 0 Å². The van der Waals surface area contributed by atoms with Crippen LogP contribution in [0.5, 0.6) is 0 Å². The smallest absolute Gasteiger partial charge is 0.419 e. The number of hydrogen-bond donors (Lipinski definition) is 0. The van der Waals surface area contributed by atoms with Crippen molar-refractivity contribution in [1.29, 1.82) is 0 Å². The van der Waals surface area contributed by atoms with Gasteiger partial charge in [0.2, 0.25) is 0 Å². The van der Waals surface area contributed by atoms with Crippen molar-refractivity contribution >= 4 is 6.29 Å². The number of hydrogen-bond acceptors (Lipinski definition) is 1. The van der Waals surface area contributed by atoms with Gasteiger partial charge < -0.3 is 4.79 Å². The maximum atomic E-state index is 9.92. The molecule has 0 aliphatic carbocycles. The van der Waals surface area contributed by atoms with Crippen LogP contribution in [-0.2, 0) is 37.5 Å². The van der Waals surface area contributed by atoms with Gasteiger partial charge in [0, 0.05) is 0 Å². The van der Waals surface area contributed by atoms with Crippen LogP contribution in [0.1, 0.15) is 27.2 Å². The summed E-state index contributed by atoms with van der Waals surface area (Å²) < 4.78 is 0. The Morgan fingerprint density at radius 2 is 2.00 bits per heavy atom. The van der Waals surface area contributed by atoms with E-state index in [1.807, 2.05) is 25.2 Å². The average molecular weight is 252 g/mol. The zero-order chi connectivity index (χ0) is 9.40. The summed E-state index contributed by atoms with van der Waals surface area (Å²) in [5, 5.41) is 0. The second kappa shape index (κ2) is 10.1. The molecule has 0 radical (unpaired) electrons. The van der Waals surface area contributed by atoms with Gasteiger partial charge in [0.1, 0.15) is 0 Å². The third-order valence-corrected chi connectivity index (χ3v) is 1.58. The van der Waals surface area contributed by atoms with Crippen molar-refractivity contribution in [2.75, 3.05) is 0 Å². The van der Waals surface area contributed by atoms with E-state index in [0.29, 0.717) is 0 Å². The van der Waals surface area contributed by atoms with Crippen LogP contribution in [0.25, 0.3) is 0 Å². The fraction of sp³-hybridized carbons (Fsp3) is 0.364. The summed E-state index contributed by atoms with van der Waals surface area (Å²) >= 11 is 0. The molecule has 13 heavy (non-hydrogen) atoms. The minimum absolute atomic E-state index is 0. The standard InChI is InChI=1S/C11H15O.Y/c1-4-10(2)6-5-7-11(3)8-9-12;/h5-8H,4H2,1-3H3;/q-1;+3/b7-5+,10-6+,11-8+;. The molecule has 0 saturated carbocycles. The first-order chi connectivity index (χ1) is 5.70. The molecule has 0 spiro atoms. The fourth-order valence-corrected chi connectivity index (χ4v) is 0.623. The maximum Gasteiger partial charge on any atom is 3.00 e. The van der Waals surface area contributed by atoms with Gasteiger partial charge in [-0.25, -0.2) is 0 Å². The Morgan fingerprint density at radius 1 is 1.38 bits per heavy atom. The molecule has 0 bridgehead atoms. The first-order valence-electron chi connectivity index (χ1n) is 4.09. The van der Waals surface area contributed by atoms with E-state index in [0.717, 1.165) is 12.0 Å². The van der Waals surface area contributed by atoms with E-state index in [1.165, 1.54) is 11.6 Å². The number of carbonyl (C=O) groups excluding carboxylic acids is 1. The minimum atomic E-state index is 0. The molecule has 0 aliphatic heterocycles. The molecule has 0 rings (SSSR count). The molecular weight excluding hydrogens is 237 g/mol. The molecule has 0 amide bonds. The topological polar surface area (TPSA) is 17.1 Å². The molecule has 0 fully saturated rings. The minimum Gasteiger partial charge on any atom is -0.419 e. The van der Waals surface area contributed by atoms with Crippen LogP contribution >= 0.6 is 0 Å². The van der Waals surface area contributed by atoms with E-state index in [4.69, 9.17) is 0 Å². The zero-order valence-corrected chi connectivity index (χ0v) is 11.3. The van der Waals surface area contributed by atoms with Crippen LogP contribution < -0.4 is 0 Å². The van der Waals surface area contributed by atoms with Crippen LogP contribution in [0.15, 0.2) is 35.5 Å². The molecule has 0 aromatic rings. The summed E-state index contributed by atoms with van der Waals surface area (Å²) in [6, 6.07) is 0. The predicted molar refractivity (Wildman–Crippen MR) is 52.6 cm³/mol. The van der Waals surface area contributed by atoms with Crippen molar-refractivity contribution in [2.45, 2.75) is 27.2 Å². The van der Waals surface area contributed by atoms with Crippen LogP contribution in [0, 0.1) is 0 Å². The molecule has 0 unspecified atom stereocenters. The summed E-state index contributed by atoms with van der Waals surface area (Å²) in [5.41, 5.74) is 2.25. The monoisotopic (exact) mass is 252 g/mol. The summed E-state index contributed by atoms with van der Waals surface area (Å²) in [7, 11) is 0. The Kier molecular flexibility index (Phi) is 12.0. The second-order valence-corrected chi connectivity index (χ2v) is 2.73. The molecule has 0 atom stereocenters. The van der Waals surface area contributed by atoms with Gasteiger partial charge in [-0.05, 0) is 19.6 Å². The van der Waals surface area contributed by atoms with Gasteiger partial charge in [-0.3, -0.25) is 0 Å². The first kappa shape index (κ1) is 15.5. The summed E-state index contributed by atoms with van der Waals surface area (Å²) in [6.45, 7) is 6.06. The zero-order valence-electron chi connectivity index (χ0n) is 8.50. The van der Waals surface area contributed by atoms with Gasteiger partial charge in [0.15, 0.2) is 0 Å². The molecule has 66 valence electrons. The van der Waals surface area contributed by atoms with E-state index in [1.54, 1.807) is 6.29 Å². The summed E-state index contributed by atoms with van der Waals surface area (Å²) in [6.07, 6.45) is 10.1. The van der Waals surface area contributed by atoms with E-state index < -0.39 is 0 Å². The van der Waals surface area contributed by atoms with E-state index >= 15 is 0 Å². The predicted octanol–water partition coefficient (Wildman–Crippen LogP) is 2.95. The molecular formula is C11H15OY+2.